The van der Waals surface area contributed by atoms with Crippen molar-refractivity contribution < 1.29 is 4.79 Å². The van der Waals surface area contributed by atoms with Gasteiger partial charge in [-0.15, -0.1) is 0 Å². The molecule has 0 fully saturated rings. The van der Waals surface area contributed by atoms with Gasteiger partial charge in [0.05, 0.1) is 11.3 Å². The van der Waals surface area contributed by atoms with Gasteiger partial charge in [0.1, 0.15) is 0 Å². The maximum Gasteiger partial charge on any atom is 0.255 e. The first kappa shape index (κ1) is 15.5. The van der Waals surface area contributed by atoms with E-state index in [0.29, 0.717) is 11.3 Å². The Labute approximate surface area is 115 Å². The molecule has 0 saturated heterocycles. The number of hydrogen-bond donors (Lipinski definition) is 2. The Morgan fingerprint density at radius 1 is 1.26 bits per heavy atom. The summed E-state index contributed by atoms with van der Waals surface area (Å²) >= 11 is 0. The largest absolute Gasteiger partial charge is 0.342 e. The topological polar surface area (TPSA) is 61.6 Å². The molecule has 1 amide bonds. The van der Waals surface area contributed by atoms with Gasteiger partial charge in [0, 0.05) is 13.6 Å². The minimum absolute atomic E-state index is 0.00768. The minimum Gasteiger partial charge on any atom is -0.342 e. The molecule has 0 aromatic heterocycles. The lowest BCUT2D eigenvalue weighted by Crippen LogP contribution is -2.30. The van der Waals surface area contributed by atoms with E-state index in [1.807, 2.05) is 46.3 Å². The SMILES string of the molecule is Cc1ccc(C(=O)N(C)CCCN(C)C)c(NN)c1. The Balaban J connectivity index is 2.71. The molecular formula is C14H24N4O. The number of nitrogens with two attached hydrogens (primary N) is 1. The van der Waals surface area contributed by atoms with Gasteiger partial charge in [-0.3, -0.25) is 10.6 Å². The fourth-order valence-electron chi connectivity index (χ4n) is 1.90. The van der Waals surface area contributed by atoms with Crippen molar-refractivity contribution in [3.63, 3.8) is 0 Å². The van der Waals surface area contributed by atoms with Crippen molar-refractivity contribution in [2.75, 3.05) is 39.7 Å². The van der Waals surface area contributed by atoms with Crippen LogP contribution in [0, 0.1) is 6.92 Å². The summed E-state index contributed by atoms with van der Waals surface area (Å²) < 4.78 is 0. The van der Waals surface area contributed by atoms with Gasteiger partial charge in [-0.25, -0.2) is 0 Å². The second-order valence-corrected chi connectivity index (χ2v) is 5.08. The van der Waals surface area contributed by atoms with Crippen LogP contribution in [0.1, 0.15) is 22.3 Å². The molecular weight excluding hydrogens is 240 g/mol. The highest BCUT2D eigenvalue weighted by Crippen LogP contribution is 2.18. The van der Waals surface area contributed by atoms with E-state index >= 15 is 0 Å². The fourth-order valence-corrected chi connectivity index (χ4v) is 1.90. The van der Waals surface area contributed by atoms with Crippen molar-refractivity contribution in [3.05, 3.63) is 29.3 Å². The number of anilines is 1. The Morgan fingerprint density at radius 3 is 2.53 bits per heavy atom. The van der Waals surface area contributed by atoms with E-state index in [-0.39, 0.29) is 5.91 Å². The van der Waals surface area contributed by atoms with E-state index in [2.05, 4.69) is 10.3 Å². The molecule has 0 aliphatic rings. The van der Waals surface area contributed by atoms with Gasteiger partial charge in [0.15, 0.2) is 0 Å². The number of nitrogen functional groups attached to an aromatic ring is 1. The molecule has 5 heteroatoms. The van der Waals surface area contributed by atoms with E-state index in [1.54, 1.807) is 4.90 Å². The summed E-state index contributed by atoms with van der Waals surface area (Å²) in [4.78, 5) is 16.2. The second-order valence-electron chi connectivity index (χ2n) is 5.08. The summed E-state index contributed by atoms with van der Waals surface area (Å²) in [5.41, 5.74) is 4.94. The molecule has 3 N–H and O–H groups in total. The third-order valence-corrected chi connectivity index (χ3v) is 3.01. The zero-order valence-electron chi connectivity index (χ0n) is 12.2. The standard InChI is InChI=1S/C14H24N4O/c1-11-6-7-12(13(10-11)16-15)14(19)18(4)9-5-8-17(2)3/h6-7,10,16H,5,8-9,15H2,1-4H3. The number of carbonyl (C=O) groups excluding carboxylic acids is 1. The van der Waals surface area contributed by atoms with Crippen molar-refractivity contribution in [1.29, 1.82) is 0 Å². The quantitative estimate of drug-likeness (QED) is 0.600. The van der Waals surface area contributed by atoms with Crippen LogP contribution in [0.15, 0.2) is 18.2 Å². The molecule has 19 heavy (non-hydrogen) atoms. The van der Waals surface area contributed by atoms with E-state index in [9.17, 15) is 4.79 Å². The van der Waals surface area contributed by atoms with Gasteiger partial charge < -0.3 is 15.2 Å². The normalized spacial score (nSPS) is 10.6. The van der Waals surface area contributed by atoms with Gasteiger partial charge in [-0.1, -0.05) is 6.07 Å². The van der Waals surface area contributed by atoms with Crippen LogP contribution in [0.25, 0.3) is 0 Å². The fraction of sp³-hybridized carbons (Fsp3) is 0.500. The highest BCUT2D eigenvalue weighted by molar-refractivity contribution is 5.99. The van der Waals surface area contributed by atoms with Crippen molar-refractivity contribution in [2.24, 2.45) is 5.84 Å². The van der Waals surface area contributed by atoms with Crippen molar-refractivity contribution in [3.8, 4) is 0 Å². The third kappa shape index (κ3) is 4.54. The average molecular weight is 264 g/mol. The number of benzene rings is 1. The molecule has 0 bridgehead atoms. The summed E-state index contributed by atoms with van der Waals surface area (Å²) in [6.07, 6.45) is 0.951. The summed E-state index contributed by atoms with van der Waals surface area (Å²) in [6.45, 7) is 3.66. The molecule has 0 unspecified atom stereocenters. The molecule has 106 valence electrons. The summed E-state index contributed by atoms with van der Waals surface area (Å²) in [7, 11) is 5.87. The Kier molecular flexibility index (Phi) is 5.79. The molecule has 0 spiro atoms. The number of hydrogen-bond acceptors (Lipinski definition) is 4. The molecule has 0 atom stereocenters. The van der Waals surface area contributed by atoms with Crippen LogP contribution in [0.5, 0.6) is 0 Å². The van der Waals surface area contributed by atoms with E-state index in [4.69, 9.17) is 5.84 Å². The Hall–Kier alpha value is -1.59. The highest BCUT2D eigenvalue weighted by Gasteiger charge is 2.15. The van der Waals surface area contributed by atoms with Gasteiger partial charge in [0.2, 0.25) is 0 Å². The van der Waals surface area contributed by atoms with Gasteiger partial charge in [-0.05, 0) is 51.7 Å². The summed E-state index contributed by atoms with van der Waals surface area (Å²) in [5, 5.41) is 0. The van der Waals surface area contributed by atoms with E-state index in [0.717, 1.165) is 25.1 Å². The van der Waals surface area contributed by atoms with E-state index in [1.165, 1.54) is 0 Å². The van der Waals surface area contributed by atoms with Crippen LogP contribution in [-0.2, 0) is 0 Å². The minimum atomic E-state index is -0.00768. The lowest BCUT2D eigenvalue weighted by atomic mass is 10.1. The first-order valence-electron chi connectivity index (χ1n) is 6.43. The van der Waals surface area contributed by atoms with Crippen LogP contribution < -0.4 is 11.3 Å². The predicted octanol–water partition coefficient (Wildman–Crippen LogP) is 1.30. The molecule has 0 heterocycles. The molecule has 1 rings (SSSR count). The molecule has 0 aliphatic heterocycles. The first-order chi connectivity index (χ1) is 8.95. The third-order valence-electron chi connectivity index (χ3n) is 3.01. The molecule has 1 aromatic carbocycles. The summed E-state index contributed by atoms with van der Waals surface area (Å²) in [5.74, 6) is 5.46. The molecule has 1 aromatic rings. The summed E-state index contributed by atoms with van der Waals surface area (Å²) in [6, 6.07) is 5.61. The Morgan fingerprint density at radius 2 is 1.95 bits per heavy atom. The smallest absolute Gasteiger partial charge is 0.255 e. The van der Waals surface area contributed by atoms with Crippen LogP contribution in [-0.4, -0.2) is 49.9 Å². The average Bonchev–Trinajstić information content (AvgIpc) is 2.37. The number of carbonyl (C=O) groups is 1. The second kappa shape index (κ2) is 7.11. The number of nitrogens with one attached hydrogen (secondary N) is 1. The van der Waals surface area contributed by atoms with Crippen molar-refractivity contribution >= 4 is 11.6 Å². The lowest BCUT2D eigenvalue weighted by Gasteiger charge is -2.20. The van der Waals surface area contributed by atoms with Crippen LogP contribution >= 0.6 is 0 Å². The predicted molar refractivity (Wildman–Crippen MR) is 79.1 cm³/mol. The van der Waals surface area contributed by atoms with Crippen LogP contribution in [0.2, 0.25) is 0 Å². The number of rotatable bonds is 6. The molecule has 0 aliphatic carbocycles. The van der Waals surface area contributed by atoms with Gasteiger partial charge in [0.25, 0.3) is 5.91 Å². The number of aryl methyl sites for hydroxylation is 1. The number of nitrogens with zero attached hydrogens (tertiary/aromatic N) is 2. The Bertz CT molecular complexity index is 431. The monoisotopic (exact) mass is 264 g/mol. The van der Waals surface area contributed by atoms with Crippen molar-refractivity contribution in [1.82, 2.24) is 9.80 Å². The van der Waals surface area contributed by atoms with E-state index < -0.39 is 0 Å². The zero-order valence-corrected chi connectivity index (χ0v) is 12.2. The highest BCUT2D eigenvalue weighted by atomic mass is 16.2. The number of hydrazine groups is 1. The molecule has 5 nitrogen and oxygen atoms in total. The van der Waals surface area contributed by atoms with Gasteiger partial charge >= 0.3 is 0 Å². The maximum absolute atomic E-state index is 12.3. The molecule has 0 radical (unpaired) electrons. The first-order valence-corrected chi connectivity index (χ1v) is 6.43. The van der Waals surface area contributed by atoms with Crippen molar-refractivity contribution in [2.45, 2.75) is 13.3 Å². The molecule has 0 saturated carbocycles. The zero-order chi connectivity index (χ0) is 14.4. The number of amides is 1. The maximum atomic E-state index is 12.3. The van der Waals surface area contributed by atoms with Crippen LogP contribution in [0.3, 0.4) is 0 Å². The van der Waals surface area contributed by atoms with Crippen LogP contribution in [0.4, 0.5) is 5.69 Å². The van der Waals surface area contributed by atoms with Gasteiger partial charge in [-0.2, -0.15) is 0 Å². The lowest BCUT2D eigenvalue weighted by molar-refractivity contribution is 0.0791.